The summed E-state index contributed by atoms with van der Waals surface area (Å²) in [5, 5.41) is 2.81. The van der Waals surface area contributed by atoms with E-state index in [9.17, 15) is 4.79 Å². The average molecular weight is 133 g/mol. The number of rotatable bonds is 2. The molecule has 0 bridgehead atoms. The summed E-state index contributed by atoms with van der Waals surface area (Å²) in [5.41, 5.74) is 0. The molecule has 0 aliphatic carbocycles. The van der Waals surface area contributed by atoms with Crippen molar-refractivity contribution in [1.29, 1.82) is 0 Å². The molecule has 0 heterocycles. The Balaban J connectivity index is -0.000000149. The molecule has 0 aromatic carbocycles. The summed E-state index contributed by atoms with van der Waals surface area (Å²) in [4.78, 5) is 10.3. The normalized spacial score (nSPS) is 11.2. The van der Waals surface area contributed by atoms with E-state index < -0.39 is 0 Å². The molecule has 9 heavy (non-hydrogen) atoms. The smallest absolute Gasteiger partial charge is 0.146 e. The maximum absolute atomic E-state index is 10.3. The zero-order valence-corrected chi connectivity index (χ0v) is 6.99. The lowest BCUT2D eigenvalue weighted by Crippen LogP contribution is -2.28. The molecule has 0 spiro atoms. The van der Waals surface area contributed by atoms with Gasteiger partial charge >= 0.3 is 0 Å². The summed E-state index contributed by atoms with van der Waals surface area (Å²) in [6, 6.07) is 0.0139. The SMILES string of the molecule is CC.CNC(C)C(C)=O.[HH]. The van der Waals surface area contributed by atoms with Crippen molar-refractivity contribution in [2.45, 2.75) is 33.7 Å². The number of carbonyl (C=O) groups is 1. The zero-order chi connectivity index (χ0) is 7.86. The Kier molecular flexibility index (Phi) is 9.69. The van der Waals surface area contributed by atoms with Crippen LogP contribution in [0.2, 0.25) is 0 Å². The summed E-state index contributed by atoms with van der Waals surface area (Å²) in [7, 11) is 1.77. The molecule has 0 aliphatic rings. The van der Waals surface area contributed by atoms with E-state index in [2.05, 4.69) is 5.32 Å². The lowest BCUT2D eigenvalue weighted by atomic mass is 10.2. The molecule has 2 nitrogen and oxygen atoms in total. The second-order valence-electron chi connectivity index (χ2n) is 1.62. The molecule has 58 valence electrons. The molecule has 0 saturated carbocycles. The van der Waals surface area contributed by atoms with Gasteiger partial charge in [-0.1, -0.05) is 13.8 Å². The molecule has 0 saturated heterocycles. The molecular weight excluding hydrogens is 114 g/mol. The van der Waals surface area contributed by atoms with Crippen LogP contribution in [0.3, 0.4) is 0 Å². The van der Waals surface area contributed by atoms with Gasteiger partial charge in [-0.3, -0.25) is 4.79 Å². The highest BCUT2D eigenvalue weighted by molar-refractivity contribution is 5.80. The molecule has 1 N–H and O–H groups in total. The van der Waals surface area contributed by atoms with Crippen LogP contribution in [0.5, 0.6) is 0 Å². The van der Waals surface area contributed by atoms with Gasteiger partial charge in [0.05, 0.1) is 6.04 Å². The highest BCUT2D eigenvalue weighted by atomic mass is 16.1. The van der Waals surface area contributed by atoms with E-state index in [1.807, 2.05) is 20.8 Å². The molecular formula is C7H19NO. The van der Waals surface area contributed by atoms with Gasteiger partial charge in [-0.25, -0.2) is 0 Å². The lowest BCUT2D eigenvalue weighted by molar-refractivity contribution is -0.118. The number of likely N-dealkylation sites (N-methyl/N-ethyl adjacent to an activating group) is 1. The van der Waals surface area contributed by atoms with Gasteiger partial charge in [0, 0.05) is 1.43 Å². The van der Waals surface area contributed by atoms with E-state index in [0.717, 1.165) is 0 Å². The molecule has 0 aliphatic heterocycles. The number of ketones is 1. The summed E-state index contributed by atoms with van der Waals surface area (Å²) < 4.78 is 0. The van der Waals surface area contributed by atoms with Crippen molar-refractivity contribution in [2.75, 3.05) is 7.05 Å². The van der Waals surface area contributed by atoms with Crippen LogP contribution in [-0.2, 0) is 4.79 Å². The Morgan fingerprint density at radius 1 is 1.56 bits per heavy atom. The molecule has 1 atom stereocenters. The molecule has 0 aromatic rings. The van der Waals surface area contributed by atoms with Crippen LogP contribution in [0.4, 0.5) is 0 Å². The van der Waals surface area contributed by atoms with Crippen LogP contribution in [0.1, 0.15) is 29.1 Å². The highest BCUT2D eigenvalue weighted by Crippen LogP contribution is 1.77. The number of Topliss-reactive ketones (excluding diaryl/α,β-unsaturated/α-hetero) is 1. The first-order chi connectivity index (χ1) is 4.18. The largest absolute Gasteiger partial charge is 0.311 e. The lowest BCUT2D eigenvalue weighted by Gasteiger charge is -2.01. The number of hydrogen-bond donors (Lipinski definition) is 1. The van der Waals surface area contributed by atoms with Gasteiger partial charge in [0.25, 0.3) is 0 Å². The second kappa shape index (κ2) is 7.63. The second-order valence-corrected chi connectivity index (χ2v) is 1.62. The third kappa shape index (κ3) is 7.63. The standard InChI is InChI=1S/C5H11NO.C2H6.H2/c1-4(6-3)5(2)7;1-2;/h4,6H,1-3H3;1-2H3;1H. The fraction of sp³-hybridized carbons (Fsp3) is 0.857. The molecule has 0 amide bonds. The number of nitrogens with one attached hydrogen (secondary N) is 1. The minimum absolute atomic E-state index is 0. The van der Waals surface area contributed by atoms with Crippen molar-refractivity contribution in [3.05, 3.63) is 0 Å². The van der Waals surface area contributed by atoms with Gasteiger partial charge in [0.15, 0.2) is 0 Å². The predicted molar refractivity (Wildman–Crippen MR) is 42.7 cm³/mol. The average Bonchev–Trinajstić information content (AvgIpc) is 1.91. The Hall–Kier alpha value is -0.370. The Bertz CT molecular complexity index is 76.0. The van der Waals surface area contributed by atoms with E-state index in [1.54, 1.807) is 14.0 Å². The van der Waals surface area contributed by atoms with E-state index in [-0.39, 0.29) is 13.3 Å². The molecule has 0 aromatic heterocycles. The maximum atomic E-state index is 10.3. The molecule has 0 fully saturated rings. The highest BCUT2D eigenvalue weighted by Gasteiger charge is 2.00. The fourth-order valence-electron chi connectivity index (χ4n) is 0.203. The summed E-state index contributed by atoms with van der Waals surface area (Å²) in [6.45, 7) is 7.41. The topological polar surface area (TPSA) is 29.1 Å². The van der Waals surface area contributed by atoms with Crippen molar-refractivity contribution in [2.24, 2.45) is 0 Å². The van der Waals surface area contributed by atoms with Crippen molar-refractivity contribution < 1.29 is 6.22 Å². The minimum Gasteiger partial charge on any atom is -0.311 e. The number of hydrogen-bond acceptors (Lipinski definition) is 2. The maximum Gasteiger partial charge on any atom is 0.146 e. The van der Waals surface area contributed by atoms with Gasteiger partial charge in [0.1, 0.15) is 5.78 Å². The van der Waals surface area contributed by atoms with Gasteiger partial charge in [-0.2, -0.15) is 0 Å². The van der Waals surface area contributed by atoms with E-state index in [1.165, 1.54) is 0 Å². The van der Waals surface area contributed by atoms with Crippen molar-refractivity contribution in [3.63, 3.8) is 0 Å². The van der Waals surface area contributed by atoms with Crippen molar-refractivity contribution >= 4 is 5.78 Å². The molecule has 2 heteroatoms. The summed E-state index contributed by atoms with van der Waals surface area (Å²) >= 11 is 0. The number of carbonyl (C=O) groups excluding carboxylic acids is 1. The molecule has 1 unspecified atom stereocenters. The Morgan fingerprint density at radius 2 is 1.89 bits per heavy atom. The fourth-order valence-corrected chi connectivity index (χ4v) is 0.203. The Morgan fingerprint density at radius 3 is 1.89 bits per heavy atom. The first-order valence-corrected chi connectivity index (χ1v) is 3.36. The van der Waals surface area contributed by atoms with Gasteiger partial charge < -0.3 is 5.32 Å². The van der Waals surface area contributed by atoms with Gasteiger partial charge in [0.2, 0.25) is 0 Å². The quantitative estimate of drug-likeness (QED) is 0.618. The zero-order valence-electron chi connectivity index (χ0n) is 6.99. The van der Waals surface area contributed by atoms with Crippen LogP contribution in [0, 0.1) is 0 Å². The van der Waals surface area contributed by atoms with Crippen LogP contribution >= 0.6 is 0 Å². The first-order valence-electron chi connectivity index (χ1n) is 3.36. The van der Waals surface area contributed by atoms with Crippen LogP contribution < -0.4 is 5.32 Å². The van der Waals surface area contributed by atoms with E-state index in [4.69, 9.17) is 0 Å². The van der Waals surface area contributed by atoms with E-state index >= 15 is 0 Å². The van der Waals surface area contributed by atoms with Crippen LogP contribution in [-0.4, -0.2) is 18.9 Å². The van der Waals surface area contributed by atoms with Gasteiger partial charge in [-0.15, -0.1) is 0 Å². The Labute approximate surface area is 59.1 Å². The predicted octanol–water partition coefficient (Wildman–Crippen LogP) is 1.46. The first kappa shape index (κ1) is 11.4. The third-order valence-electron chi connectivity index (χ3n) is 1.04. The van der Waals surface area contributed by atoms with Crippen LogP contribution in [0.15, 0.2) is 0 Å². The summed E-state index contributed by atoms with van der Waals surface area (Å²) in [6.07, 6.45) is 0. The molecule has 0 radical (unpaired) electrons. The monoisotopic (exact) mass is 133 g/mol. The van der Waals surface area contributed by atoms with Crippen molar-refractivity contribution in [3.8, 4) is 0 Å². The molecule has 0 rings (SSSR count). The van der Waals surface area contributed by atoms with E-state index in [0.29, 0.717) is 0 Å². The third-order valence-corrected chi connectivity index (χ3v) is 1.04. The van der Waals surface area contributed by atoms with Crippen molar-refractivity contribution in [1.82, 2.24) is 5.32 Å². The summed E-state index contributed by atoms with van der Waals surface area (Å²) in [5.74, 6) is 0.183. The van der Waals surface area contributed by atoms with Crippen LogP contribution in [0.25, 0.3) is 0 Å². The van der Waals surface area contributed by atoms with Gasteiger partial charge in [-0.05, 0) is 20.9 Å². The minimum atomic E-state index is 0.